The predicted octanol–water partition coefficient (Wildman–Crippen LogP) is 9.06. The molecule has 0 atom stereocenters. The smallest absolute Gasteiger partial charge is 0.339 e. The van der Waals surface area contributed by atoms with Crippen LogP contribution in [0.5, 0.6) is 5.75 Å². The molecule has 13 nitrogen and oxygen atoms in total. The van der Waals surface area contributed by atoms with Crippen LogP contribution >= 0.6 is 11.8 Å². The van der Waals surface area contributed by atoms with Crippen LogP contribution in [0.2, 0.25) is 0 Å². The molecule has 234 valence electrons. The molecule has 14 heteroatoms. The fraction of sp³-hybridized carbons (Fsp3) is 0.0303. The molecule has 47 heavy (non-hydrogen) atoms. The number of hydrogen-bond donors (Lipinski definition) is 5. The minimum Gasteiger partial charge on any atom is -0.507 e. The highest BCUT2D eigenvalue weighted by Gasteiger charge is 2.13. The van der Waals surface area contributed by atoms with Gasteiger partial charge >= 0.3 is 5.97 Å². The summed E-state index contributed by atoms with van der Waals surface area (Å²) in [4.78, 5) is 24.4. The number of aromatic hydroxyl groups is 1. The summed E-state index contributed by atoms with van der Waals surface area (Å²) in [5.41, 5.74) is 21.9. The largest absolute Gasteiger partial charge is 0.507 e. The summed E-state index contributed by atoms with van der Waals surface area (Å²) < 4.78 is 0. The minimum absolute atomic E-state index is 0.220. The van der Waals surface area contributed by atoms with E-state index in [9.17, 15) is 14.7 Å². The van der Waals surface area contributed by atoms with Crippen LogP contribution in [0.1, 0.15) is 26.3 Å². The Kier molecular flexibility index (Phi) is 9.62. The Hall–Kier alpha value is -6.41. The average molecular weight is 646 g/mol. The van der Waals surface area contributed by atoms with E-state index in [1.165, 1.54) is 30.0 Å². The van der Waals surface area contributed by atoms with Crippen molar-refractivity contribution in [2.24, 2.45) is 36.4 Å². The molecule has 0 unspecified atom stereocenters. The van der Waals surface area contributed by atoms with Gasteiger partial charge in [-0.1, -0.05) is 11.8 Å². The number of nitrogen functional groups attached to an aromatic ring is 2. The number of aryl methyl sites for hydroxylation is 1. The molecule has 0 aliphatic heterocycles. The first-order valence-electron chi connectivity index (χ1n) is 13.9. The van der Waals surface area contributed by atoms with Gasteiger partial charge in [-0.15, -0.1) is 10.2 Å². The maximum atomic E-state index is 11.3. The van der Waals surface area contributed by atoms with E-state index in [1.54, 1.807) is 42.5 Å². The summed E-state index contributed by atoms with van der Waals surface area (Å²) >= 11 is 1.54. The highest BCUT2D eigenvalue weighted by atomic mass is 32.2. The molecular weight excluding hydrogens is 618 g/mol. The van der Waals surface area contributed by atoms with Crippen LogP contribution < -0.4 is 17.2 Å². The first-order chi connectivity index (χ1) is 22.6. The van der Waals surface area contributed by atoms with Crippen molar-refractivity contribution in [3.63, 3.8) is 0 Å². The lowest BCUT2D eigenvalue weighted by molar-refractivity contribution is 0.0693. The third-order valence-corrected chi connectivity index (χ3v) is 7.67. The Morgan fingerprint density at radius 1 is 0.638 bits per heavy atom. The van der Waals surface area contributed by atoms with E-state index < -0.39 is 11.9 Å². The molecule has 5 aromatic rings. The van der Waals surface area contributed by atoms with Crippen LogP contribution in [-0.2, 0) is 0 Å². The van der Waals surface area contributed by atoms with Gasteiger partial charge < -0.3 is 27.4 Å². The number of anilines is 2. The predicted molar refractivity (Wildman–Crippen MR) is 180 cm³/mol. The summed E-state index contributed by atoms with van der Waals surface area (Å²) in [6.07, 6.45) is 0. The number of primary amides is 1. The first kappa shape index (κ1) is 32.0. The zero-order chi connectivity index (χ0) is 33.5. The Morgan fingerprint density at radius 2 is 1.13 bits per heavy atom. The maximum Gasteiger partial charge on any atom is 0.339 e. The number of carboxylic acids is 1. The number of nitrogens with two attached hydrogens (primary N) is 3. The quantitative estimate of drug-likeness (QED) is 0.0730. The van der Waals surface area contributed by atoms with Crippen LogP contribution in [0.25, 0.3) is 0 Å². The SMILES string of the molecule is Cc1cc(N=Nc2ccc(Sc3ccc(N=Nc4ccc(O)c(C(=O)O)c4)cc3)cc2)c(N)c(N=Nc2ccc(C(N)=O)cc2)c1N. The topological polar surface area (TPSA) is 227 Å². The Balaban J connectivity index is 1.23. The van der Waals surface area contributed by atoms with E-state index in [0.29, 0.717) is 45.3 Å². The fourth-order valence-corrected chi connectivity index (χ4v) is 4.90. The minimum atomic E-state index is -1.25. The summed E-state index contributed by atoms with van der Waals surface area (Å²) in [5.74, 6) is -2.12. The molecule has 5 rings (SSSR count). The molecule has 0 saturated heterocycles. The highest BCUT2D eigenvalue weighted by molar-refractivity contribution is 7.99. The van der Waals surface area contributed by atoms with Gasteiger partial charge in [-0.25, -0.2) is 4.79 Å². The summed E-state index contributed by atoms with van der Waals surface area (Å²) in [5, 5.41) is 44.1. The van der Waals surface area contributed by atoms with Crippen molar-refractivity contribution in [1.82, 2.24) is 0 Å². The van der Waals surface area contributed by atoms with Crippen molar-refractivity contribution >= 4 is 69.1 Å². The molecule has 1 amide bonds. The average Bonchev–Trinajstić information content (AvgIpc) is 3.06. The number of amides is 1. The maximum absolute atomic E-state index is 11.3. The Morgan fingerprint density at radius 3 is 1.68 bits per heavy atom. The van der Waals surface area contributed by atoms with Gasteiger partial charge in [0.25, 0.3) is 0 Å². The normalized spacial score (nSPS) is 11.5. The van der Waals surface area contributed by atoms with Gasteiger partial charge in [-0.3, -0.25) is 4.79 Å². The van der Waals surface area contributed by atoms with E-state index in [-0.39, 0.29) is 22.7 Å². The van der Waals surface area contributed by atoms with Crippen LogP contribution in [-0.4, -0.2) is 22.1 Å². The van der Waals surface area contributed by atoms with Crippen LogP contribution in [0.3, 0.4) is 0 Å². The van der Waals surface area contributed by atoms with Gasteiger partial charge in [0.05, 0.1) is 34.1 Å². The molecule has 0 spiro atoms. The number of nitrogens with zero attached hydrogens (tertiary/aromatic N) is 6. The number of carboxylic acid groups (broad SMARTS) is 1. The summed E-state index contributed by atoms with van der Waals surface area (Å²) in [6.45, 7) is 1.81. The second-order valence-corrected chi connectivity index (χ2v) is 11.1. The molecule has 0 aliphatic carbocycles. The lowest BCUT2D eigenvalue weighted by atomic mass is 10.1. The van der Waals surface area contributed by atoms with Crippen LogP contribution in [0, 0.1) is 6.92 Å². The lowest BCUT2D eigenvalue weighted by Crippen LogP contribution is -2.10. The van der Waals surface area contributed by atoms with E-state index in [1.807, 2.05) is 43.3 Å². The molecular formula is C33H27N9O4S. The monoisotopic (exact) mass is 645 g/mol. The Labute approximate surface area is 272 Å². The number of aromatic carboxylic acids is 1. The van der Waals surface area contributed by atoms with Crippen molar-refractivity contribution in [2.75, 3.05) is 11.5 Å². The summed E-state index contributed by atoms with van der Waals surface area (Å²) in [7, 11) is 0. The third kappa shape index (κ3) is 8.01. The second-order valence-electron chi connectivity index (χ2n) is 10.00. The second kappa shape index (κ2) is 14.1. The first-order valence-corrected chi connectivity index (χ1v) is 14.7. The fourth-order valence-electron chi connectivity index (χ4n) is 4.09. The zero-order valence-corrected chi connectivity index (χ0v) is 25.6. The number of hydrogen-bond acceptors (Lipinski definition) is 12. The van der Waals surface area contributed by atoms with E-state index in [2.05, 4.69) is 30.7 Å². The molecule has 0 aromatic heterocycles. The van der Waals surface area contributed by atoms with Gasteiger partial charge in [0.15, 0.2) is 0 Å². The molecule has 5 aromatic carbocycles. The number of carbonyl (C=O) groups is 2. The van der Waals surface area contributed by atoms with Crippen molar-refractivity contribution in [3.8, 4) is 5.75 Å². The number of azo groups is 3. The van der Waals surface area contributed by atoms with Gasteiger partial charge in [-0.2, -0.15) is 20.5 Å². The number of rotatable bonds is 10. The number of benzene rings is 5. The van der Waals surface area contributed by atoms with Crippen molar-refractivity contribution < 1.29 is 19.8 Å². The number of carbonyl (C=O) groups excluding carboxylic acids is 1. The molecule has 0 saturated carbocycles. The number of phenols is 1. The van der Waals surface area contributed by atoms with Gasteiger partial charge in [-0.05, 0) is 110 Å². The van der Waals surface area contributed by atoms with Crippen molar-refractivity contribution in [2.45, 2.75) is 16.7 Å². The lowest BCUT2D eigenvalue weighted by Gasteiger charge is -2.09. The molecule has 0 aliphatic rings. The van der Waals surface area contributed by atoms with Gasteiger partial charge in [0, 0.05) is 15.4 Å². The van der Waals surface area contributed by atoms with E-state index in [0.717, 1.165) is 9.79 Å². The molecule has 0 fully saturated rings. The molecule has 0 bridgehead atoms. The van der Waals surface area contributed by atoms with E-state index in [4.69, 9.17) is 22.3 Å². The van der Waals surface area contributed by atoms with Gasteiger partial charge in [0.1, 0.15) is 22.7 Å². The highest BCUT2D eigenvalue weighted by Crippen LogP contribution is 2.41. The molecule has 0 radical (unpaired) electrons. The Bertz CT molecular complexity index is 2050. The third-order valence-electron chi connectivity index (χ3n) is 6.66. The zero-order valence-electron chi connectivity index (χ0n) is 24.8. The molecule has 0 heterocycles. The van der Waals surface area contributed by atoms with Crippen molar-refractivity contribution in [1.29, 1.82) is 0 Å². The van der Waals surface area contributed by atoms with Crippen LogP contribution in [0.15, 0.2) is 138 Å². The van der Waals surface area contributed by atoms with Crippen LogP contribution in [0.4, 0.5) is 45.5 Å². The van der Waals surface area contributed by atoms with Gasteiger partial charge in [0.2, 0.25) is 5.91 Å². The van der Waals surface area contributed by atoms with E-state index >= 15 is 0 Å². The molecule has 8 N–H and O–H groups in total. The van der Waals surface area contributed by atoms with Crippen molar-refractivity contribution in [3.05, 3.63) is 114 Å². The standard InChI is InChI=1S/C33H27N9O4S/c1-18-16-27(30(35)31(29(18)34)42-39-20-4-2-19(3-5-20)32(36)44)41-38-22-8-13-25(14-9-22)47-24-11-6-21(7-12-24)37-40-23-10-15-28(43)26(17-23)33(45)46/h2-17,43H,34-35H2,1H3,(H2,36,44)(H,45,46). The summed E-state index contributed by atoms with van der Waals surface area (Å²) in [6, 6.07) is 26.9.